The molecule has 0 saturated carbocycles. The van der Waals surface area contributed by atoms with Crippen LogP contribution in [0.1, 0.15) is 12.5 Å². The maximum atomic E-state index is 12.7. The standard InChI is InChI=1S/C9H8F2N2/c1-9(13,5-12)6-2-3-7(10)8(11)4-6/h2-4H,13H2,1H3. The minimum absolute atomic E-state index is 0.258. The van der Waals surface area contributed by atoms with Crippen LogP contribution in [0.5, 0.6) is 0 Å². The molecule has 0 bridgehead atoms. The fraction of sp³-hybridized carbons (Fsp3) is 0.222. The molecule has 0 fully saturated rings. The van der Waals surface area contributed by atoms with Crippen LogP contribution in [0.25, 0.3) is 0 Å². The van der Waals surface area contributed by atoms with Crippen molar-refractivity contribution < 1.29 is 8.78 Å². The van der Waals surface area contributed by atoms with E-state index in [4.69, 9.17) is 11.0 Å². The van der Waals surface area contributed by atoms with Crippen molar-refractivity contribution in [3.8, 4) is 6.07 Å². The SMILES string of the molecule is CC(N)(C#N)c1ccc(F)c(F)c1. The van der Waals surface area contributed by atoms with Crippen LogP contribution in [0.15, 0.2) is 18.2 Å². The molecule has 1 atom stereocenters. The second-order valence-corrected chi connectivity index (χ2v) is 2.94. The monoisotopic (exact) mass is 182 g/mol. The second-order valence-electron chi connectivity index (χ2n) is 2.94. The molecule has 68 valence electrons. The van der Waals surface area contributed by atoms with Crippen molar-refractivity contribution in [1.29, 1.82) is 5.26 Å². The van der Waals surface area contributed by atoms with Crippen LogP contribution in [-0.2, 0) is 5.54 Å². The highest BCUT2D eigenvalue weighted by molar-refractivity contribution is 5.30. The summed E-state index contributed by atoms with van der Waals surface area (Å²) in [5, 5.41) is 8.62. The molecule has 0 amide bonds. The first kappa shape index (κ1) is 9.62. The van der Waals surface area contributed by atoms with Crippen LogP contribution in [0.2, 0.25) is 0 Å². The Hall–Kier alpha value is -1.47. The number of rotatable bonds is 1. The Bertz CT molecular complexity index is 366. The molecule has 2 nitrogen and oxygen atoms in total. The summed E-state index contributed by atoms with van der Waals surface area (Å²) in [7, 11) is 0. The zero-order chi connectivity index (χ0) is 10.1. The number of nitrogens with two attached hydrogens (primary N) is 1. The first-order valence-electron chi connectivity index (χ1n) is 3.63. The Labute approximate surface area is 74.6 Å². The van der Waals surface area contributed by atoms with E-state index >= 15 is 0 Å². The quantitative estimate of drug-likeness (QED) is 0.718. The van der Waals surface area contributed by atoms with Crippen LogP contribution in [0.4, 0.5) is 8.78 Å². The van der Waals surface area contributed by atoms with Gasteiger partial charge in [0, 0.05) is 0 Å². The van der Waals surface area contributed by atoms with E-state index in [2.05, 4.69) is 0 Å². The predicted molar refractivity (Wildman–Crippen MR) is 43.5 cm³/mol. The number of halogens is 2. The lowest BCUT2D eigenvalue weighted by Crippen LogP contribution is -2.30. The first-order chi connectivity index (χ1) is 5.97. The minimum atomic E-state index is -1.28. The fourth-order valence-corrected chi connectivity index (χ4v) is 0.884. The van der Waals surface area contributed by atoms with Gasteiger partial charge in [-0.15, -0.1) is 0 Å². The van der Waals surface area contributed by atoms with Gasteiger partial charge in [-0.2, -0.15) is 5.26 Å². The fourth-order valence-electron chi connectivity index (χ4n) is 0.884. The molecule has 0 saturated heterocycles. The highest BCUT2D eigenvalue weighted by Crippen LogP contribution is 2.18. The first-order valence-corrected chi connectivity index (χ1v) is 3.63. The lowest BCUT2D eigenvalue weighted by atomic mass is 9.95. The van der Waals surface area contributed by atoms with Crippen LogP contribution in [0.3, 0.4) is 0 Å². The highest BCUT2D eigenvalue weighted by atomic mass is 19.2. The number of nitrogens with zero attached hydrogens (tertiary/aromatic N) is 1. The van der Waals surface area contributed by atoms with Crippen molar-refractivity contribution >= 4 is 0 Å². The van der Waals surface area contributed by atoms with E-state index in [0.717, 1.165) is 12.1 Å². The van der Waals surface area contributed by atoms with Crippen LogP contribution in [-0.4, -0.2) is 0 Å². The summed E-state index contributed by atoms with van der Waals surface area (Å²) in [6.07, 6.45) is 0. The molecule has 4 heteroatoms. The molecule has 0 heterocycles. The summed E-state index contributed by atoms with van der Waals surface area (Å²) in [6.45, 7) is 1.43. The van der Waals surface area contributed by atoms with Crippen LogP contribution >= 0.6 is 0 Å². The third-order valence-electron chi connectivity index (χ3n) is 1.75. The summed E-state index contributed by atoms with van der Waals surface area (Å²) in [4.78, 5) is 0. The molecule has 0 radical (unpaired) electrons. The Morgan fingerprint density at radius 2 is 2.00 bits per heavy atom. The minimum Gasteiger partial charge on any atom is -0.310 e. The van der Waals surface area contributed by atoms with Crippen molar-refractivity contribution in [1.82, 2.24) is 0 Å². The summed E-state index contributed by atoms with van der Waals surface area (Å²) in [5.74, 6) is -1.94. The van der Waals surface area contributed by atoms with E-state index < -0.39 is 17.2 Å². The van der Waals surface area contributed by atoms with Crippen molar-refractivity contribution in [2.24, 2.45) is 5.73 Å². The highest BCUT2D eigenvalue weighted by Gasteiger charge is 2.21. The van der Waals surface area contributed by atoms with E-state index in [-0.39, 0.29) is 5.56 Å². The molecule has 2 N–H and O–H groups in total. The summed E-state index contributed by atoms with van der Waals surface area (Å²) >= 11 is 0. The molecular formula is C9H8F2N2. The van der Waals surface area contributed by atoms with Crippen LogP contribution < -0.4 is 5.73 Å². The average molecular weight is 182 g/mol. The average Bonchev–Trinajstić information content (AvgIpc) is 2.09. The molecule has 1 aromatic carbocycles. The largest absolute Gasteiger partial charge is 0.310 e. The third-order valence-corrected chi connectivity index (χ3v) is 1.75. The van der Waals surface area contributed by atoms with Gasteiger partial charge in [-0.25, -0.2) is 8.78 Å². The van der Waals surface area contributed by atoms with Crippen molar-refractivity contribution in [2.45, 2.75) is 12.5 Å². The Kier molecular flexibility index (Phi) is 2.30. The topological polar surface area (TPSA) is 49.8 Å². The Morgan fingerprint density at radius 1 is 1.38 bits per heavy atom. The van der Waals surface area contributed by atoms with Gasteiger partial charge in [0.05, 0.1) is 6.07 Å². The maximum absolute atomic E-state index is 12.7. The zero-order valence-corrected chi connectivity index (χ0v) is 7.01. The lowest BCUT2D eigenvalue weighted by molar-refractivity contribution is 0.502. The van der Waals surface area contributed by atoms with Gasteiger partial charge in [-0.1, -0.05) is 6.07 Å². The predicted octanol–water partition coefficient (Wildman–Crippen LogP) is 1.66. The number of nitriles is 1. The van der Waals surface area contributed by atoms with E-state index in [1.165, 1.54) is 13.0 Å². The van der Waals surface area contributed by atoms with E-state index in [0.29, 0.717) is 0 Å². The van der Waals surface area contributed by atoms with Gasteiger partial charge in [0.15, 0.2) is 11.6 Å². The molecule has 0 aliphatic rings. The van der Waals surface area contributed by atoms with E-state index in [1.807, 2.05) is 0 Å². The Morgan fingerprint density at radius 3 is 2.46 bits per heavy atom. The lowest BCUT2D eigenvalue weighted by Gasteiger charge is -2.15. The number of hydrogen-bond acceptors (Lipinski definition) is 2. The summed E-state index contributed by atoms with van der Waals surface area (Å²) in [6, 6.07) is 4.97. The normalized spacial score (nSPS) is 14.7. The van der Waals surface area contributed by atoms with Gasteiger partial charge in [0.2, 0.25) is 0 Å². The number of benzene rings is 1. The molecular weight excluding hydrogens is 174 g/mol. The Balaban J connectivity index is 3.20. The van der Waals surface area contributed by atoms with Crippen molar-refractivity contribution in [3.05, 3.63) is 35.4 Å². The van der Waals surface area contributed by atoms with Gasteiger partial charge in [-0.05, 0) is 24.6 Å². The molecule has 0 aromatic heterocycles. The van der Waals surface area contributed by atoms with E-state index in [1.54, 1.807) is 6.07 Å². The smallest absolute Gasteiger partial charge is 0.159 e. The van der Waals surface area contributed by atoms with Gasteiger partial charge in [0.1, 0.15) is 5.54 Å². The van der Waals surface area contributed by atoms with Gasteiger partial charge < -0.3 is 5.73 Å². The molecule has 0 aliphatic carbocycles. The molecule has 0 aliphatic heterocycles. The molecule has 1 rings (SSSR count). The molecule has 13 heavy (non-hydrogen) atoms. The van der Waals surface area contributed by atoms with Crippen molar-refractivity contribution in [2.75, 3.05) is 0 Å². The van der Waals surface area contributed by atoms with Gasteiger partial charge in [-0.3, -0.25) is 0 Å². The van der Waals surface area contributed by atoms with Gasteiger partial charge >= 0.3 is 0 Å². The summed E-state index contributed by atoms with van der Waals surface area (Å²) < 4.78 is 25.2. The van der Waals surface area contributed by atoms with Crippen LogP contribution in [0, 0.1) is 23.0 Å². The van der Waals surface area contributed by atoms with E-state index in [9.17, 15) is 8.78 Å². The number of hydrogen-bond donors (Lipinski definition) is 1. The third kappa shape index (κ3) is 1.82. The molecule has 0 spiro atoms. The zero-order valence-electron chi connectivity index (χ0n) is 7.01. The van der Waals surface area contributed by atoms with Gasteiger partial charge in [0.25, 0.3) is 0 Å². The summed E-state index contributed by atoms with van der Waals surface area (Å²) in [5.41, 5.74) is 4.48. The maximum Gasteiger partial charge on any atom is 0.159 e. The molecule has 1 unspecified atom stereocenters. The molecule has 1 aromatic rings. The second kappa shape index (κ2) is 3.11. The van der Waals surface area contributed by atoms with Crippen molar-refractivity contribution in [3.63, 3.8) is 0 Å².